The van der Waals surface area contributed by atoms with Crippen LogP contribution in [0.2, 0.25) is 0 Å². The van der Waals surface area contributed by atoms with Gasteiger partial charge in [-0.1, -0.05) is 25.5 Å². The maximum atomic E-state index is 13.3. The Morgan fingerprint density at radius 1 is 1.32 bits per heavy atom. The van der Waals surface area contributed by atoms with Gasteiger partial charge < -0.3 is 15.0 Å². The molecule has 2 aromatic heterocycles. The van der Waals surface area contributed by atoms with Crippen LogP contribution in [0.4, 0.5) is 0 Å². The topological polar surface area (TPSA) is 58.9 Å². The Bertz CT molecular complexity index is 997. The van der Waals surface area contributed by atoms with Gasteiger partial charge in [0.2, 0.25) is 0 Å². The summed E-state index contributed by atoms with van der Waals surface area (Å²) in [6, 6.07) is 0. The number of nitrogens with zero attached hydrogens (tertiary/aromatic N) is 3. The van der Waals surface area contributed by atoms with Crippen LogP contribution < -0.4 is 5.32 Å². The number of aromatic nitrogens is 2. The number of allylic oxidation sites excluding steroid dienone is 1. The van der Waals surface area contributed by atoms with Gasteiger partial charge in [0, 0.05) is 31.2 Å². The van der Waals surface area contributed by atoms with E-state index >= 15 is 0 Å². The first-order valence-corrected chi connectivity index (χ1v) is 12.5. The number of amides is 1. The van der Waals surface area contributed by atoms with Gasteiger partial charge >= 0.3 is 0 Å². The predicted octanol–water partition coefficient (Wildman–Crippen LogP) is 4.12. The summed E-state index contributed by atoms with van der Waals surface area (Å²) in [7, 11) is 0. The number of carbonyl (C=O) groups is 1. The third kappa shape index (κ3) is 3.74. The summed E-state index contributed by atoms with van der Waals surface area (Å²) in [5, 5.41) is 5.63. The largest absolute Gasteiger partial charge is 0.372 e. The zero-order valence-electron chi connectivity index (χ0n) is 19.1. The van der Waals surface area contributed by atoms with E-state index in [1.54, 1.807) is 16.9 Å². The van der Waals surface area contributed by atoms with Crippen molar-refractivity contribution in [3.8, 4) is 0 Å². The summed E-state index contributed by atoms with van der Waals surface area (Å²) in [6.45, 7) is 11.7. The SMILES string of the molecule is C[C@@H]1CN(C(=O)c2nc3sccn3c2CNCCC2=CC[C@H]3C[C@@H]2C3(C)C)C[C@H](C)O1. The van der Waals surface area contributed by atoms with Gasteiger partial charge in [0.1, 0.15) is 0 Å². The summed E-state index contributed by atoms with van der Waals surface area (Å²) < 4.78 is 7.87. The Balaban J connectivity index is 1.26. The molecule has 2 bridgehead atoms. The summed E-state index contributed by atoms with van der Waals surface area (Å²) in [6.07, 6.45) is 8.31. The number of ether oxygens (including phenoxy) is 1. The molecule has 0 spiro atoms. The van der Waals surface area contributed by atoms with E-state index < -0.39 is 0 Å². The van der Waals surface area contributed by atoms with Crippen molar-refractivity contribution in [2.75, 3.05) is 19.6 Å². The molecule has 6 rings (SSSR count). The molecule has 6 nitrogen and oxygen atoms in total. The van der Waals surface area contributed by atoms with Crippen LogP contribution >= 0.6 is 11.3 Å². The van der Waals surface area contributed by atoms with Crippen LogP contribution in [-0.2, 0) is 11.3 Å². The Hall–Kier alpha value is -1.70. The summed E-state index contributed by atoms with van der Waals surface area (Å²) >= 11 is 1.57. The van der Waals surface area contributed by atoms with E-state index in [0.717, 1.165) is 35.5 Å². The number of hydrogen-bond donors (Lipinski definition) is 1. The molecule has 1 aliphatic heterocycles. The van der Waals surface area contributed by atoms with E-state index in [-0.39, 0.29) is 18.1 Å². The number of nitrogens with one attached hydrogen (secondary N) is 1. The number of thiazole rings is 1. The molecule has 1 N–H and O–H groups in total. The minimum Gasteiger partial charge on any atom is -0.372 e. The Morgan fingerprint density at radius 2 is 2.10 bits per heavy atom. The van der Waals surface area contributed by atoms with E-state index in [1.807, 2.05) is 30.3 Å². The van der Waals surface area contributed by atoms with Gasteiger partial charge in [-0.2, -0.15) is 0 Å². The van der Waals surface area contributed by atoms with Crippen LogP contribution in [-0.4, -0.2) is 52.0 Å². The first kappa shape index (κ1) is 21.2. The molecular weight excluding hydrogens is 408 g/mol. The van der Waals surface area contributed by atoms with E-state index in [4.69, 9.17) is 9.72 Å². The highest BCUT2D eigenvalue weighted by Crippen LogP contribution is 2.59. The second kappa shape index (κ2) is 8.01. The Labute approximate surface area is 188 Å². The number of imidazole rings is 1. The molecule has 7 heteroatoms. The van der Waals surface area contributed by atoms with E-state index in [1.165, 1.54) is 12.8 Å². The molecular formula is C24H34N4O2S. The number of morpholine rings is 1. The summed E-state index contributed by atoms with van der Waals surface area (Å²) in [4.78, 5) is 20.8. The van der Waals surface area contributed by atoms with Crippen LogP contribution in [0.15, 0.2) is 23.2 Å². The molecule has 168 valence electrons. The van der Waals surface area contributed by atoms with Gasteiger partial charge in [0.15, 0.2) is 10.7 Å². The van der Waals surface area contributed by atoms with Crippen LogP contribution in [0.3, 0.4) is 0 Å². The fourth-order valence-corrected chi connectivity index (χ4v) is 6.60. The molecule has 0 aromatic carbocycles. The first-order chi connectivity index (χ1) is 14.8. The number of hydrogen-bond acceptors (Lipinski definition) is 5. The van der Waals surface area contributed by atoms with Crippen LogP contribution in [0.5, 0.6) is 0 Å². The lowest BCUT2D eigenvalue weighted by Gasteiger charge is -2.56. The van der Waals surface area contributed by atoms with Crippen LogP contribution in [0.25, 0.3) is 4.96 Å². The second-order valence-electron chi connectivity index (χ2n) is 10.2. The van der Waals surface area contributed by atoms with Crippen molar-refractivity contribution in [1.29, 1.82) is 0 Å². The average Bonchev–Trinajstić information content (AvgIpc) is 3.32. The number of carbonyl (C=O) groups excluding carboxylic acids is 1. The standard InChI is InChI=1S/C24H34N4O2S/c1-15-13-27(14-16(2)30-15)22(29)21-20(28-9-10-31-23(28)26-21)12-25-8-7-17-5-6-18-11-19(17)24(18,3)4/h5,9-10,15-16,18-19,25H,6-8,11-14H2,1-4H3/t15-,16+,18-,19-/m0/s1. The van der Waals surface area contributed by atoms with Crippen molar-refractivity contribution in [3.63, 3.8) is 0 Å². The van der Waals surface area contributed by atoms with E-state index in [2.05, 4.69) is 29.6 Å². The molecule has 1 saturated carbocycles. The third-order valence-corrected chi connectivity index (χ3v) is 8.49. The van der Waals surface area contributed by atoms with Crippen molar-refractivity contribution in [2.45, 2.75) is 65.7 Å². The summed E-state index contributed by atoms with van der Waals surface area (Å²) in [5.74, 6) is 1.66. The number of fused-ring (bicyclic) bond motifs is 2. The third-order valence-electron chi connectivity index (χ3n) is 7.74. The molecule has 1 amide bonds. The average molecular weight is 443 g/mol. The Kier molecular flexibility index (Phi) is 5.47. The highest BCUT2D eigenvalue weighted by molar-refractivity contribution is 7.15. The lowest BCUT2D eigenvalue weighted by Crippen LogP contribution is -2.48. The molecule has 0 radical (unpaired) electrons. The van der Waals surface area contributed by atoms with Crippen molar-refractivity contribution >= 4 is 22.2 Å². The second-order valence-corrected chi connectivity index (χ2v) is 11.1. The monoisotopic (exact) mass is 442 g/mol. The zero-order chi connectivity index (χ0) is 21.8. The molecule has 0 unspecified atom stereocenters. The highest BCUT2D eigenvalue weighted by atomic mass is 32.1. The molecule has 2 fully saturated rings. The van der Waals surface area contributed by atoms with Crippen molar-refractivity contribution in [1.82, 2.24) is 19.6 Å². The molecule has 3 heterocycles. The fraction of sp³-hybridized carbons (Fsp3) is 0.667. The van der Waals surface area contributed by atoms with Crippen molar-refractivity contribution in [3.05, 3.63) is 34.6 Å². The van der Waals surface area contributed by atoms with Gasteiger partial charge in [-0.3, -0.25) is 9.20 Å². The lowest BCUT2D eigenvalue weighted by atomic mass is 9.48. The first-order valence-electron chi connectivity index (χ1n) is 11.6. The molecule has 31 heavy (non-hydrogen) atoms. The van der Waals surface area contributed by atoms with Gasteiger partial charge in [-0.25, -0.2) is 4.98 Å². The maximum absolute atomic E-state index is 13.3. The van der Waals surface area contributed by atoms with Crippen LogP contribution in [0, 0.1) is 17.3 Å². The summed E-state index contributed by atoms with van der Waals surface area (Å²) in [5.41, 5.74) is 3.65. The van der Waals surface area contributed by atoms with Gasteiger partial charge in [0.25, 0.3) is 5.91 Å². The lowest BCUT2D eigenvalue weighted by molar-refractivity contribution is -0.0587. The van der Waals surface area contributed by atoms with Gasteiger partial charge in [-0.15, -0.1) is 11.3 Å². The van der Waals surface area contributed by atoms with Crippen molar-refractivity contribution < 1.29 is 9.53 Å². The zero-order valence-corrected chi connectivity index (χ0v) is 19.9. The Morgan fingerprint density at radius 3 is 2.81 bits per heavy atom. The fourth-order valence-electron chi connectivity index (χ4n) is 5.86. The molecule has 1 saturated heterocycles. The van der Waals surface area contributed by atoms with Gasteiger partial charge in [0.05, 0.1) is 17.9 Å². The van der Waals surface area contributed by atoms with E-state index in [9.17, 15) is 4.79 Å². The number of rotatable bonds is 6. The maximum Gasteiger partial charge on any atom is 0.274 e. The normalized spacial score (nSPS) is 29.7. The van der Waals surface area contributed by atoms with Crippen molar-refractivity contribution in [2.24, 2.45) is 17.3 Å². The smallest absolute Gasteiger partial charge is 0.274 e. The molecule has 3 aliphatic carbocycles. The predicted molar refractivity (Wildman–Crippen MR) is 123 cm³/mol. The highest BCUT2D eigenvalue weighted by Gasteiger charge is 2.50. The molecule has 4 aliphatic rings. The van der Waals surface area contributed by atoms with E-state index in [0.29, 0.717) is 30.7 Å². The van der Waals surface area contributed by atoms with Crippen LogP contribution in [0.1, 0.15) is 63.1 Å². The minimum absolute atomic E-state index is 0.0203. The minimum atomic E-state index is 0.0203. The molecule has 4 atom stereocenters. The quantitative estimate of drug-likeness (QED) is 0.540. The van der Waals surface area contributed by atoms with Gasteiger partial charge in [-0.05, 0) is 56.9 Å². The molecule has 2 aromatic rings.